The number of aromatic nitrogens is 1. The molecule has 1 aromatic heterocycles. The molecule has 0 radical (unpaired) electrons. The summed E-state index contributed by atoms with van der Waals surface area (Å²) in [6, 6.07) is 1.97. The molecule has 0 saturated carbocycles. The molecular weight excluding hydrogens is 184 g/mol. The van der Waals surface area contributed by atoms with Crippen LogP contribution in [-0.4, -0.2) is 4.98 Å². The van der Waals surface area contributed by atoms with Crippen molar-refractivity contribution in [3.63, 3.8) is 0 Å². The second-order valence-corrected chi connectivity index (χ2v) is 3.55. The Morgan fingerprint density at radius 3 is 3.23 bits per heavy atom. The van der Waals surface area contributed by atoms with E-state index in [2.05, 4.69) is 16.9 Å². The first-order valence-electron chi connectivity index (χ1n) is 4.39. The summed E-state index contributed by atoms with van der Waals surface area (Å²) in [4.78, 5) is 7.38. The van der Waals surface area contributed by atoms with Gasteiger partial charge in [-0.15, -0.1) is 0 Å². The molecule has 0 aliphatic carbocycles. The van der Waals surface area contributed by atoms with Crippen LogP contribution in [0.3, 0.4) is 0 Å². The van der Waals surface area contributed by atoms with Crippen molar-refractivity contribution in [2.45, 2.75) is 19.8 Å². The third-order valence-electron chi connectivity index (χ3n) is 2.23. The Bertz CT molecular complexity index is 454. The largest absolute Gasteiger partial charge is 0.346 e. The molecule has 0 spiro atoms. The fourth-order valence-corrected chi connectivity index (χ4v) is 1.72. The summed E-state index contributed by atoms with van der Waals surface area (Å²) in [6.45, 7) is 2.12. The summed E-state index contributed by atoms with van der Waals surface area (Å²) >= 11 is 6.16. The summed E-state index contributed by atoms with van der Waals surface area (Å²) in [5.41, 5.74) is 2.14. The smallest absolute Gasteiger partial charge is 0.138 e. The highest BCUT2D eigenvalue weighted by atomic mass is 35.5. The van der Waals surface area contributed by atoms with Crippen LogP contribution in [0.15, 0.2) is 29.0 Å². The summed E-state index contributed by atoms with van der Waals surface area (Å²) in [5, 5.41) is 1.91. The highest BCUT2D eigenvalue weighted by Gasteiger charge is 2.04. The molecule has 0 saturated heterocycles. The second-order valence-electron chi connectivity index (χ2n) is 3.09. The van der Waals surface area contributed by atoms with Gasteiger partial charge in [0.05, 0.1) is 0 Å². The molecule has 2 rings (SSSR count). The molecule has 2 nitrogen and oxygen atoms in total. The van der Waals surface area contributed by atoms with Crippen molar-refractivity contribution in [2.24, 2.45) is 4.99 Å². The molecule has 0 aromatic carbocycles. The Labute approximate surface area is 81.6 Å². The van der Waals surface area contributed by atoms with Crippen molar-refractivity contribution >= 4 is 16.6 Å². The quantitative estimate of drug-likeness (QED) is 0.705. The van der Waals surface area contributed by atoms with E-state index in [0.29, 0.717) is 0 Å². The van der Waals surface area contributed by atoms with E-state index in [-0.39, 0.29) is 0 Å². The minimum Gasteiger partial charge on any atom is -0.346 e. The molecule has 2 heterocycles. The van der Waals surface area contributed by atoms with Gasteiger partial charge in [0.25, 0.3) is 0 Å². The summed E-state index contributed by atoms with van der Waals surface area (Å²) in [7, 11) is 0. The van der Waals surface area contributed by atoms with Crippen LogP contribution in [0.4, 0.5) is 0 Å². The Balaban J connectivity index is 2.64. The predicted octanol–water partition coefficient (Wildman–Crippen LogP) is 1.68. The van der Waals surface area contributed by atoms with Crippen molar-refractivity contribution in [1.29, 1.82) is 0 Å². The number of H-pyrrole nitrogens is 1. The highest BCUT2D eigenvalue weighted by molar-refractivity contribution is 6.45. The van der Waals surface area contributed by atoms with Crippen LogP contribution in [0.5, 0.6) is 0 Å². The molecule has 3 heteroatoms. The van der Waals surface area contributed by atoms with Gasteiger partial charge < -0.3 is 4.98 Å². The summed E-state index contributed by atoms with van der Waals surface area (Å²) in [6.07, 6.45) is 5.60. The van der Waals surface area contributed by atoms with Crippen molar-refractivity contribution in [2.75, 3.05) is 0 Å². The van der Waals surface area contributed by atoms with Crippen molar-refractivity contribution in [3.05, 3.63) is 34.7 Å². The van der Waals surface area contributed by atoms with Crippen molar-refractivity contribution < 1.29 is 0 Å². The Kier molecular flexibility index (Phi) is 2.23. The lowest BCUT2D eigenvalue weighted by Crippen LogP contribution is -2.22. The van der Waals surface area contributed by atoms with Crippen molar-refractivity contribution in [3.8, 4) is 0 Å². The first-order valence-corrected chi connectivity index (χ1v) is 4.77. The molecule has 68 valence electrons. The Morgan fingerprint density at radius 2 is 2.46 bits per heavy atom. The zero-order valence-corrected chi connectivity index (χ0v) is 8.23. The van der Waals surface area contributed by atoms with E-state index in [4.69, 9.17) is 11.6 Å². The fourth-order valence-electron chi connectivity index (χ4n) is 1.40. The maximum Gasteiger partial charge on any atom is 0.138 e. The number of nitrogens with zero attached hydrogens (tertiary/aromatic N) is 1. The van der Waals surface area contributed by atoms with Crippen LogP contribution in [0.2, 0.25) is 0 Å². The highest BCUT2D eigenvalue weighted by Crippen LogP contribution is 2.17. The van der Waals surface area contributed by atoms with E-state index < -0.39 is 0 Å². The monoisotopic (exact) mass is 194 g/mol. The van der Waals surface area contributed by atoms with Gasteiger partial charge in [0.15, 0.2) is 0 Å². The van der Waals surface area contributed by atoms with Gasteiger partial charge in [-0.3, -0.25) is 0 Å². The van der Waals surface area contributed by atoms with Crippen LogP contribution >= 0.6 is 11.6 Å². The van der Waals surface area contributed by atoms with E-state index in [1.165, 1.54) is 5.57 Å². The topological polar surface area (TPSA) is 28.1 Å². The average Bonchev–Trinajstić information content (AvgIpc) is 2.54. The number of halogens is 1. The minimum absolute atomic E-state index is 0.826. The second kappa shape index (κ2) is 3.38. The lowest BCUT2D eigenvalue weighted by Gasteiger charge is -1.98. The molecule has 0 fully saturated rings. The predicted molar refractivity (Wildman–Crippen MR) is 53.8 cm³/mol. The summed E-state index contributed by atoms with van der Waals surface area (Å²) < 4.78 is 0. The molecule has 1 aliphatic heterocycles. The molecule has 0 amide bonds. The third-order valence-corrected chi connectivity index (χ3v) is 2.57. The molecule has 0 bridgehead atoms. The first kappa shape index (κ1) is 8.57. The van der Waals surface area contributed by atoms with Crippen LogP contribution in [0, 0.1) is 0 Å². The van der Waals surface area contributed by atoms with Gasteiger partial charge in [-0.05, 0) is 18.1 Å². The minimum atomic E-state index is 0.826. The first-order chi connectivity index (χ1) is 6.31. The maximum absolute atomic E-state index is 6.16. The Hall–Kier alpha value is -1.02. The Morgan fingerprint density at radius 1 is 1.62 bits per heavy atom. The summed E-state index contributed by atoms with van der Waals surface area (Å²) in [5.74, 6) is 0. The standard InChI is InChI=1S/C10H11ClN2/c1-2-7-5-9(11)8-3-4-12-10(8)13-6-7/h3-4,6H,2,5H2,1H3,(H,12,13). The number of fused-ring (bicyclic) bond motifs is 1. The molecule has 1 aromatic rings. The number of nitrogens with one attached hydrogen (secondary N) is 1. The zero-order valence-electron chi connectivity index (χ0n) is 7.47. The van der Waals surface area contributed by atoms with Gasteiger partial charge in [0.2, 0.25) is 0 Å². The van der Waals surface area contributed by atoms with Crippen molar-refractivity contribution in [1.82, 2.24) is 4.98 Å². The van der Waals surface area contributed by atoms with E-state index in [0.717, 1.165) is 28.6 Å². The molecule has 0 unspecified atom stereocenters. The van der Waals surface area contributed by atoms with E-state index in [9.17, 15) is 0 Å². The van der Waals surface area contributed by atoms with Gasteiger partial charge in [-0.1, -0.05) is 18.5 Å². The molecule has 1 aliphatic rings. The van der Waals surface area contributed by atoms with Crippen LogP contribution < -0.4 is 10.7 Å². The number of aromatic amines is 1. The molecule has 13 heavy (non-hydrogen) atoms. The molecule has 0 atom stereocenters. The number of hydrogen-bond acceptors (Lipinski definition) is 1. The van der Waals surface area contributed by atoms with Gasteiger partial charge in [-0.25, -0.2) is 4.99 Å². The van der Waals surface area contributed by atoms with Gasteiger partial charge in [-0.2, -0.15) is 0 Å². The lowest BCUT2D eigenvalue weighted by atomic mass is 10.1. The van der Waals surface area contributed by atoms with Gasteiger partial charge in [0.1, 0.15) is 5.49 Å². The molecular formula is C10H11ClN2. The van der Waals surface area contributed by atoms with Gasteiger partial charge >= 0.3 is 0 Å². The van der Waals surface area contributed by atoms with E-state index in [1.54, 1.807) is 0 Å². The average molecular weight is 195 g/mol. The lowest BCUT2D eigenvalue weighted by molar-refractivity contribution is 1.03. The molecule has 1 N–H and O–H groups in total. The van der Waals surface area contributed by atoms with E-state index in [1.807, 2.05) is 18.5 Å². The number of allylic oxidation sites excluding steroid dienone is 1. The SMILES string of the molecule is CCC1=CN=c2[nH]ccc2=C(Cl)C1. The number of hydrogen-bond donors (Lipinski definition) is 1. The normalized spacial score (nSPS) is 15.8. The van der Waals surface area contributed by atoms with Crippen LogP contribution in [0.1, 0.15) is 19.8 Å². The van der Waals surface area contributed by atoms with Crippen LogP contribution in [-0.2, 0) is 0 Å². The van der Waals surface area contributed by atoms with E-state index >= 15 is 0 Å². The fraction of sp³-hybridized carbons (Fsp3) is 0.300. The van der Waals surface area contributed by atoms with Gasteiger partial charge in [0, 0.05) is 29.1 Å². The number of rotatable bonds is 1. The maximum atomic E-state index is 6.16. The van der Waals surface area contributed by atoms with Crippen LogP contribution in [0.25, 0.3) is 5.03 Å². The third kappa shape index (κ3) is 1.54. The zero-order chi connectivity index (χ0) is 9.26.